The van der Waals surface area contributed by atoms with E-state index in [-0.39, 0.29) is 17.0 Å². The fraction of sp³-hybridized carbons (Fsp3) is 0.250. The Labute approximate surface area is 85.7 Å². The van der Waals surface area contributed by atoms with Crippen LogP contribution in [0.15, 0.2) is 16.3 Å². The van der Waals surface area contributed by atoms with Crippen LogP contribution in [0.25, 0.3) is 0 Å². The maximum absolute atomic E-state index is 10.8. The molecule has 3 amide bonds. The third-order valence-electron chi connectivity index (χ3n) is 1.42. The van der Waals surface area contributed by atoms with Crippen molar-refractivity contribution in [2.45, 2.75) is 13.8 Å². The molecule has 0 saturated heterocycles. The van der Waals surface area contributed by atoms with E-state index in [1.165, 1.54) is 19.2 Å². The number of nitrogens with one attached hydrogen (secondary N) is 1. The van der Waals surface area contributed by atoms with Crippen molar-refractivity contribution in [1.29, 1.82) is 0 Å². The van der Waals surface area contributed by atoms with Crippen LogP contribution in [0.2, 0.25) is 0 Å². The molecular weight excluding hydrogens is 202 g/mol. The SMILES string of the molecule is C/C(N)=C(C=O)\C(C)=N\C(=O)NC(=O)O. The first-order valence-electron chi connectivity index (χ1n) is 3.89. The molecule has 0 unspecified atom stereocenters. The highest BCUT2D eigenvalue weighted by atomic mass is 16.4. The summed E-state index contributed by atoms with van der Waals surface area (Å²) in [6, 6.07) is -1.07. The molecule has 0 aliphatic heterocycles. The number of carbonyl (C=O) groups is 3. The van der Waals surface area contributed by atoms with Crippen molar-refractivity contribution < 1.29 is 19.5 Å². The first kappa shape index (κ1) is 12.8. The Kier molecular flexibility index (Phi) is 4.73. The molecule has 0 atom stereocenters. The topological polar surface area (TPSA) is 122 Å². The maximum Gasteiger partial charge on any atom is 0.412 e. The average Bonchev–Trinajstić information content (AvgIpc) is 2.01. The maximum atomic E-state index is 10.8. The van der Waals surface area contributed by atoms with E-state index in [4.69, 9.17) is 10.8 Å². The summed E-state index contributed by atoms with van der Waals surface area (Å²) in [4.78, 5) is 34.8. The molecule has 0 radical (unpaired) electrons. The zero-order chi connectivity index (χ0) is 12.0. The Balaban J connectivity index is 4.84. The second-order valence-electron chi connectivity index (χ2n) is 2.65. The zero-order valence-electron chi connectivity index (χ0n) is 8.27. The third-order valence-corrected chi connectivity index (χ3v) is 1.42. The number of carboxylic acid groups (broad SMARTS) is 1. The number of carbonyl (C=O) groups excluding carboxylic acids is 2. The van der Waals surface area contributed by atoms with Crippen LogP contribution in [0.3, 0.4) is 0 Å². The summed E-state index contributed by atoms with van der Waals surface area (Å²) in [5.74, 6) is 0. The molecule has 7 heteroatoms. The highest BCUT2D eigenvalue weighted by Gasteiger charge is 2.08. The molecule has 0 aliphatic rings. The fourth-order valence-corrected chi connectivity index (χ4v) is 0.796. The van der Waals surface area contributed by atoms with E-state index in [9.17, 15) is 14.4 Å². The van der Waals surface area contributed by atoms with Gasteiger partial charge in [0.05, 0.1) is 11.3 Å². The van der Waals surface area contributed by atoms with Gasteiger partial charge in [-0.05, 0) is 13.8 Å². The molecule has 0 saturated carbocycles. The van der Waals surface area contributed by atoms with Gasteiger partial charge in [0.2, 0.25) is 0 Å². The van der Waals surface area contributed by atoms with Crippen molar-refractivity contribution in [1.82, 2.24) is 5.32 Å². The number of urea groups is 1. The van der Waals surface area contributed by atoms with Crippen LogP contribution in [0.4, 0.5) is 9.59 Å². The van der Waals surface area contributed by atoms with Crippen molar-refractivity contribution in [2.75, 3.05) is 0 Å². The molecule has 0 aliphatic carbocycles. The fourth-order valence-electron chi connectivity index (χ4n) is 0.796. The van der Waals surface area contributed by atoms with E-state index in [1.54, 1.807) is 0 Å². The van der Waals surface area contributed by atoms with Crippen LogP contribution < -0.4 is 11.1 Å². The van der Waals surface area contributed by atoms with E-state index in [0.717, 1.165) is 0 Å². The molecule has 0 heterocycles. The lowest BCUT2D eigenvalue weighted by atomic mass is 10.1. The van der Waals surface area contributed by atoms with Gasteiger partial charge in [-0.1, -0.05) is 0 Å². The minimum Gasteiger partial charge on any atom is -0.465 e. The number of aliphatic imine (C=N–C) groups is 1. The zero-order valence-corrected chi connectivity index (χ0v) is 8.27. The molecule has 0 aromatic carbocycles. The first-order valence-corrected chi connectivity index (χ1v) is 3.89. The van der Waals surface area contributed by atoms with E-state index in [0.29, 0.717) is 6.29 Å². The number of nitrogens with zero attached hydrogens (tertiary/aromatic N) is 1. The number of hydrogen-bond acceptors (Lipinski definition) is 4. The van der Waals surface area contributed by atoms with Crippen LogP contribution in [0, 0.1) is 0 Å². The van der Waals surface area contributed by atoms with Crippen LogP contribution in [-0.4, -0.2) is 29.2 Å². The van der Waals surface area contributed by atoms with Crippen LogP contribution >= 0.6 is 0 Å². The molecule has 0 bridgehead atoms. The Hall–Kier alpha value is -2.18. The smallest absolute Gasteiger partial charge is 0.412 e. The molecule has 15 heavy (non-hydrogen) atoms. The van der Waals surface area contributed by atoms with Gasteiger partial charge in [0.25, 0.3) is 0 Å². The Morgan fingerprint density at radius 2 is 1.93 bits per heavy atom. The van der Waals surface area contributed by atoms with Gasteiger partial charge in [0.15, 0.2) is 6.29 Å². The van der Waals surface area contributed by atoms with E-state index >= 15 is 0 Å². The lowest BCUT2D eigenvalue weighted by Crippen LogP contribution is -2.26. The Morgan fingerprint density at radius 1 is 1.40 bits per heavy atom. The minimum absolute atomic E-state index is 0.0590. The molecule has 7 nitrogen and oxygen atoms in total. The second-order valence-corrected chi connectivity index (χ2v) is 2.65. The van der Waals surface area contributed by atoms with Gasteiger partial charge in [-0.3, -0.25) is 4.79 Å². The lowest BCUT2D eigenvalue weighted by Gasteiger charge is -2.01. The van der Waals surface area contributed by atoms with Crippen LogP contribution in [0.1, 0.15) is 13.8 Å². The van der Waals surface area contributed by atoms with Gasteiger partial charge in [-0.15, -0.1) is 0 Å². The summed E-state index contributed by atoms with van der Waals surface area (Å²) >= 11 is 0. The summed E-state index contributed by atoms with van der Waals surface area (Å²) in [5, 5.41) is 9.70. The van der Waals surface area contributed by atoms with E-state index in [1.807, 2.05) is 0 Å². The number of amides is 3. The van der Waals surface area contributed by atoms with Crippen LogP contribution in [-0.2, 0) is 4.79 Å². The van der Waals surface area contributed by atoms with E-state index < -0.39 is 12.1 Å². The largest absolute Gasteiger partial charge is 0.465 e. The molecular formula is C8H11N3O4. The van der Waals surface area contributed by atoms with Crippen molar-refractivity contribution in [3.8, 4) is 0 Å². The summed E-state index contributed by atoms with van der Waals surface area (Å²) < 4.78 is 0. The highest BCUT2D eigenvalue weighted by molar-refractivity contribution is 6.17. The summed E-state index contributed by atoms with van der Waals surface area (Å²) in [5.41, 5.74) is 5.67. The van der Waals surface area contributed by atoms with Gasteiger partial charge < -0.3 is 10.8 Å². The molecule has 4 N–H and O–H groups in total. The molecule has 0 aromatic rings. The number of allylic oxidation sites excluding steroid dienone is 2. The first-order chi connectivity index (χ1) is 6.88. The van der Waals surface area contributed by atoms with Gasteiger partial charge in [-0.25, -0.2) is 14.9 Å². The van der Waals surface area contributed by atoms with Crippen LogP contribution in [0.5, 0.6) is 0 Å². The minimum atomic E-state index is -1.52. The molecule has 0 fully saturated rings. The summed E-state index contributed by atoms with van der Waals surface area (Å²) in [6.07, 6.45) is -1.07. The summed E-state index contributed by atoms with van der Waals surface area (Å²) in [6.45, 7) is 2.85. The third kappa shape index (κ3) is 4.55. The van der Waals surface area contributed by atoms with Gasteiger partial charge >= 0.3 is 12.1 Å². The van der Waals surface area contributed by atoms with Crippen molar-refractivity contribution in [3.05, 3.63) is 11.3 Å². The van der Waals surface area contributed by atoms with Gasteiger partial charge in [0.1, 0.15) is 0 Å². The molecule has 0 aromatic heterocycles. The molecule has 82 valence electrons. The standard InChI is InChI=1S/C8H11N3O4/c1-4(9)6(3-12)5(2)10-7(13)11-8(14)15/h3H,9H2,1-2H3,(H,11,13)(H,14,15)/b6-4+,10-5+. The van der Waals surface area contributed by atoms with Gasteiger partial charge in [0, 0.05) is 5.70 Å². The quantitative estimate of drug-likeness (QED) is 0.345. The number of rotatable bonds is 2. The number of hydrogen-bond donors (Lipinski definition) is 3. The predicted octanol–water partition coefficient (Wildman–Crippen LogP) is 0.266. The Morgan fingerprint density at radius 3 is 2.27 bits per heavy atom. The number of nitrogens with two attached hydrogens (primary N) is 1. The Bertz CT molecular complexity index is 353. The number of aldehydes is 1. The van der Waals surface area contributed by atoms with Crippen molar-refractivity contribution in [2.24, 2.45) is 10.7 Å². The van der Waals surface area contributed by atoms with Crippen molar-refractivity contribution >= 4 is 24.1 Å². The molecule has 0 rings (SSSR count). The van der Waals surface area contributed by atoms with Gasteiger partial charge in [-0.2, -0.15) is 4.99 Å². The lowest BCUT2D eigenvalue weighted by molar-refractivity contribution is -0.104. The summed E-state index contributed by atoms with van der Waals surface area (Å²) in [7, 11) is 0. The number of imide groups is 1. The highest BCUT2D eigenvalue weighted by Crippen LogP contribution is 1.98. The van der Waals surface area contributed by atoms with E-state index in [2.05, 4.69) is 4.99 Å². The monoisotopic (exact) mass is 213 g/mol. The molecule has 0 spiro atoms. The second kappa shape index (κ2) is 5.53. The average molecular weight is 213 g/mol. The van der Waals surface area contributed by atoms with Crippen molar-refractivity contribution in [3.63, 3.8) is 0 Å². The normalized spacial score (nSPS) is 12.8. The predicted molar refractivity (Wildman–Crippen MR) is 52.6 cm³/mol.